The van der Waals surface area contributed by atoms with Crippen LogP contribution in [0.15, 0.2) is 66.7 Å². The fraction of sp³-hybridized carbons (Fsp3) is 0. The normalized spacial score (nSPS) is 12.8. The molecule has 0 spiro atoms. The van der Waals surface area contributed by atoms with E-state index in [4.69, 9.17) is 11.6 Å². The number of nitrogens with zero attached hydrogens (tertiary/aromatic N) is 2. The van der Waals surface area contributed by atoms with Gasteiger partial charge in [-0.05, 0) is 30.3 Å². The summed E-state index contributed by atoms with van der Waals surface area (Å²) in [6, 6.07) is 15.9. The zero-order valence-electron chi connectivity index (χ0n) is 14.7. The Morgan fingerprint density at radius 2 is 1.45 bits per heavy atom. The highest BCUT2D eigenvalue weighted by Gasteiger charge is 2.38. The van der Waals surface area contributed by atoms with Crippen molar-refractivity contribution in [1.29, 1.82) is 0 Å². The molecule has 0 N–H and O–H groups in total. The molecule has 1 heterocycles. The molecular formula is C21H11ClN2O5. The lowest BCUT2D eigenvalue weighted by Gasteiger charge is -2.18. The lowest BCUT2D eigenvalue weighted by Crippen LogP contribution is -2.31. The topological polar surface area (TPSA) is 97.6 Å². The summed E-state index contributed by atoms with van der Waals surface area (Å²) in [5, 5.41) is 11.4. The second kappa shape index (κ2) is 6.96. The predicted octanol–water partition coefficient (Wildman–Crippen LogP) is 4.28. The molecule has 0 bridgehead atoms. The van der Waals surface area contributed by atoms with Crippen LogP contribution in [0.25, 0.3) is 0 Å². The Morgan fingerprint density at radius 1 is 0.862 bits per heavy atom. The number of halogens is 1. The fourth-order valence-electron chi connectivity index (χ4n) is 3.21. The first-order valence-electron chi connectivity index (χ1n) is 8.45. The highest BCUT2D eigenvalue weighted by atomic mass is 35.5. The van der Waals surface area contributed by atoms with Gasteiger partial charge in [-0.3, -0.25) is 24.5 Å². The van der Waals surface area contributed by atoms with Crippen molar-refractivity contribution in [2.24, 2.45) is 0 Å². The van der Waals surface area contributed by atoms with Crippen molar-refractivity contribution in [1.82, 2.24) is 0 Å². The van der Waals surface area contributed by atoms with Gasteiger partial charge in [0.1, 0.15) is 0 Å². The van der Waals surface area contributed by atoms with Crippen LogP contribution in [-0.4, -0.2) is 22.5 Å². The first-order chi connectivity index (χ1) is 13.9. The molecule has 0 radical (unpaired) electrons. The van der Waals surface area contributed by atoms with Crippen LogP contribution in [0.1, 0.15) is 36.6 Å². The molecule has 3 aromatic rings. The highest BCUT2D eigenvalue weighted by molar-refractivity contribution is 6.37. The zero-order chi connectivity index (χ0) is 20.7. The molecule has 1 aliphatic heterocycles. The van der Waals surface area contributed by atoms with Crippen LogP contribution < -0.4 is 4.90 Å². The van der Waals surface area contributed by atoms with Gasteiger partial charge in [-0.15, -0.1) is 0 Å². The van der Waals surface area contributed by atoms with Crippen molar-refractivity contribution >= 4 is 40.6 Å². The first-order valence-corrected chi connectivity index (χ1v) is 8.83. The first kappa shape index (κ1) is 18.5. The summed E-state index contributed by atoms with van der Waals surface area (Å²) in [5.74, 6) is -1.84. The van der Waals surface area contributed by atoms with Crippen LogP contribution in [-0.2, 0) is 0 Å². The van der Waals surface area contributed by atoms with Crippen molar-refractivity contribution in [3.05, 3.63) is 104 Å². The molecule has 4 rings (SSSR count). The fourth-order valence-corrected chi connectivity index (χ4v) is 3.43. The largest absolute Gasteiger partial charge is 0.288 e. The van der Waals surface area contributed by atoms with E-state index in [1.807, 2.05) is 0 Å². The van der Waals surface area contributed by atoms with E-state index < -0.39 is 22.5 Å². The molecule has 8 heteroatoms. The summed E-state index contributed by atoms with van der Waals surface area (Å²) in [6.07, 6.45) is 0. The molecule has 0 aromatic heterocycles. The lowest BCUT2D eigenvalue weighted by molar-refractivity contribution is -0.384. The van der Waals surface area contributed by atoms with Gasteiger partial charge in [0, 0.05) is 17.7 Å². The number of fused-ring (bicyclic) bond motifs is 1. The molecule has 3 aromatic carbocycles. The molecule has 0 aliphatic carbocycles. The van der Waals surface area contributed by atoms with E-state index >= 15 is 0 Å². The van der Waals surface area contributed by atoms with E-state index in [0.29, 0.717) is 0 Å². The number of amides is 2. The maximum Gasteiger partial charge on any atom is 0.270 e. The summed E-state index contributed by atoms with van der Waals surface area (Å²) in [5.41, 5.74) is -0.0409. The summed E-state index contributed by atoms with van der Waals surface area (Å²) in [4.78, 5) is 50.3. The van der Waals surface area contributed by atoms with Gasteiger partial charge >= 0.3 is 0 Å². The van der Waals surface area contributed by atoms with Crippen LogP contribution in [0.3, 0.4) is 0 Å². The summed E-state index contributed by atoms with van der Waals surface area (Å²) in [7, 11) is 0. The molecule has 142 valence electrons. The highest BCUT2D eigenvalue weighted by Crippen LogP contribution is 2.34. The number of imide groups is 1. The van der Waals surface area contributed by atoms with Gasteiger partial charge in [-0.2, -0.15) is 0 Å². The van der Waals surface area contributed by atoms with E-state index in [1.54, 1.807) is 24.3 Å². The maximum atomic E-state index is 13.1. The Kier molecular flexibility index (Phi) is 4.44. The van der Waals surface area contributed by atoms with Crippen molar-refractivity contribution in [3.8, 4) is 0 Å². The Labute approximate surface area is 169 Å². The number of nitro benzene ring substituents is 1. The SMILES string of the molecule is O=C(c1ccccc1Cl)c1cc([N+](=O)[O-])ccc1N1C(=O)c2ccccc2C1=O. The van der Waals surface area contributed by atoms with Crippen molar-refractivity contribution in [3.63, 3.8) is 0 Å². The molecule has 0 unspecified atom stereocenters. The van der Waals surface area contributed by atoms with E-state index in [0.717, 1.165) is 17.0 Å². The second-order valence-corrected chi connectivity index (χ2v) is 6.67. The van der Waals surface area contributed by atoms with E-state index in [2.05, 4.69) is 0 Å². The average Bonchev–Trinajstić information content (AvgIpc) is 2.98. The number of ketones is 1. The third-order valence-electron chi connectivity index (χ3n) is 4.59. The number of non-ortho nitro benzene ring substituents is 1. The molecule has 1 aliphatic rings. The average molecular weight is 407 g/mol. The number of nitro groups is 1. The van der Waals surface area contributed by atoms with Crippen LogP contribution in [0.4, 0.5) is 11.4 Å². The third-order valence-corrected chi connectivity index (χ3v) is 4.92. The number of carbonyl (C=O) groups excluding carboxylic acids is 3. The van der Waals surface area contributed by atoms with Gasteiger partial charge in [0.25, 0.3) is 17.5 Å². The zero-order valence-corrected chi connectivity index (χ0v) is 15.4. The Balaban J connectivity index is 1.90. The van der Waals surface area contributed by atoms with Crippen molar-refractivity contribution in [2.45, 2.75) is 0 Å². The van der Waals surface area contributed by atoms with E-state index in [9.17, 15) is 24.5 Å². The van der Waals surface area contributed by atoms with Crippen LogP contribution in [0.2, 0.25) is 5.02 Å². The van der Waals surface area contributed by atoms with Crippen LogP contribution in [0, 0.1) is 10.1 Å². The molecule has 7 nitrogen and oxygen atoms in total. The molecule has 2 amide bonds. The summed E-state index contributed by atoms with van der Waals surface area (Å²) < 4.78 is 0. The molecule has 29 heavy (non-hydrogen) atoms. The van der Waals surface area contributed by atoms with Gasteiger partial charge < -0.3 is 0 Å². The third kappa shape index (κ3) is 2.97. The molecule has 0 atom stereocenters. The minimum Gasteiger partial charge on any atom is -0.288 e. The number of hydrogen-bond donors (Lipinski definition) is 0. The van der Waals surface area contributed by atoms with Crippen LogP contribution in [0.5, 0.6) is 0 Å². The number of carbonyl (C=O) groups is 3. The van der Waals surface area contributed by atoms with E-state index in [-0.39, 0.29) is 38.7 Å². The number of rotatable bonds is 4. The summed E-state index contributed by atoms with van der Waals surface area (Å²) in [6.45, 7) is 0. The number of benzene rings is 3. The van der Waals surface area contributed by atoms with Gasteiger partial charge in [-0.25, -0.2) is 4.90 Å². The van der Waals surface area contributed by atoms with Gasteiger partial charge in [-0.1, -0.05) is 35.9 Å². The minimum atomic E-state index is -0.657. The molecule has 0 saturated carbocycles. The van der Waals surface area contributed by atoms with Crippen molar-refractivity contribution in [2.75, 3.05) is 4.90 Å². The minimum absolute atomic E-state index is 0.0354. The monoisotopic (exact) mass is 406 g/mol. The molecule has 0 fully saturated rings. The Bertz CT molecular complexity index is 1190. The molecular weight excluding hydrogens is 396 g/mol. The standard InChI is InChI=1S/C21H11ClN2O5/c22-17-8-4-3-7-15(17)19(25)16-11-12(24(28)29)9-10-18(16)23-20(26)13-5-1-2-6-14(13)21(23)27/h1-11H. The quantitative estimate of drug-likeness (QED) is 0.279. The summed E-state index contributed by atoms with van der Waals surface area (Å²) >= 11 is 6.11. The van der Waals surface area contributed by atoms with Crippen molar-refractivity contribution < 1.29 is 19.3 Å². The molecule has 0 saturated heterocycles. The number of hydrogen-bond acceptors (Lipinski definition) is 5. The maximum absolute atomic E-state index is 13.1. The van der Waals surface area contributed by atoms with E-state index in [1.165, 1.54) is 30.3 Å². The smallest absolute Gasteiger partial charge is 0.270 e. The Morgan fingerprint density at radius 3 is 2.03 bits per heavy atom. The second-order valence-electron chi connectivity index (χ2n) is 6.26. The van der Waals surface area contributed by atoms with Gasteiger partial charge in [0.2, 0.25) is 0 Å². The predicted molar refractivity (Wildman–Crippen MR) is 106 cm³/mol. The van der Waals surface area contributed by atoms with Gasteiger partial charge in [0.15, 0.2) is 5.78 Å². The van der Waals surface area contributed by atoms with Crippen LogP contribution >= 0.6 is 11.6 Å². The lowest BCUT2D eigenvalue weighted by atomic mass is 10.00. The van der Waals surface area contributed by atoms with Gasteiger partial charge in [0.05, 0.1) is 32.3 Å². The Hall–Kier alpha value is -3.84. The number of anilines is 1.